The molecule has 2 aliphatic carbocycles. The van der Waals surface area contributed by atoms with E-state index in [-0.39, 0.29) is 6.04 Å². The highest BCUT2D eigenvalue weighted by Gasteiger charge is 2.28. The molecule has 2 aliphatic rings. The molecule has 9 rings (SSSR count). The maximum atomic E-state index is 2.59. The van der Waals surface area contributed by atoms with Crippen LogP contribution in [0.4, 0.5) is 5.69 Å². The fraction of sp³-hybridized carbons (Fsp3) is 0.102. The average Bonchev–Trinajstić information content (AvgIpc) is 3.53. The maximum absolute atomic E-state index is 2.59. The van der Waals surface area contributed by atoms with Crippen molar-refractivity contribution in [3.8, 4) is 27.9 Å². The number of para-hydroxylation sites is 1. The van der Waals surface area contributed by atoms with Gasteiger partial charge in [0.2, 0.25) is 0 Å². The highest BCUT2D eigenvalue weighted by Crippen LogP contribution is 2.39. The van der Waals surface area contributed by atoms with Gasteiger partial charge in [-0.2, -0.15) is 0 Å². The zero-order valence-electron chi connectivity index (χ0n) is 28.9. The SMILES string of the molecule is CC1C=C(c2ccccc2)C=CC1N(C1=CC=CCC1)c1ccc2c3ccccc3n(-c3ccc(-c4ccc(-c5ccccc5)cc4)cc3)c2c1. The summed E-state index contributed by atoms with van der Waals surface area (Å²) < 4.78 is 2.44. The van der Waals surface area contributed by atoms with Crippen molar-refractivity contribution in [2.45, 2.75) is 25.8 Å². The Hall–Kier alpha value is -6.12. The molecule has 2 heteroatoms. The predicted molar refractivity (Wildman–Crippen MR) is 217 cm³/mol. The maximum Gasteiger partial charge on any atom is 0.0582 e. The van der Waals surface area contributed by atoms with Crippen molar-refractivity contribution < 1.29 is 0 Å². The molecular weight excluding hydrogens is 617 g/mol. The summed E-state index contributed by atoms with van der Waals surface area (Å²) in [7, 11) is 0. The van der Waals surface area contributed by atoms with E-state index in [0.29, 0.717) is 5.92 Å². The van der Waals surface area contributed by atoms with Crippen molar-refractivity contribution >= 4 is 33.1 Å². The van der Waals surface area contributed by atoms with Gasteiger partial charge in [-0.1, -0.05) is 159 Å². The van der Waals surface area contributed by atoms with Crippen LogP contribution in [0.5, 0.6) is 0 Å². The Balaban J connectivity index is 1.11. The first kappa shape index (κ1) is 30.9. The molecule has 0 saturated carbocycles. The number of fused-ring (bicyclic) bond motifs is 3. The molecule has 246 valence electrons. The fourth-order valence-electron chi connectivity index (χ4n) is 7.95. The molecule has 0 spiro atoms. The molecule has 2 unspecified atom stereocenters. The van der Waals surface area contributed by atoms with E-state index in [1.165, 1.54) is 66.6 Å². The van der Waals surface area contributed by atoms with Gasteiger partial charge < -0.3 is 9.47 Å². The number of rotatable bonds is 7. The summed E-state index contributed by atoms with van der Waals surface area (Å²) in [6, 6.07) is 55.4. The molecule has 0 saturated heterocycles. The van der Waals surface area contributed by atoms with Gasteiger partial charge in [-0.15, -0.1) is 0 Å². The van der Waals surface area contributed by atoms with Crippen LogP contribution in [0.15, 0.2) is 194 Å². The van der Waals surface area contributed by atoms with Crippen LogP contribution in [0, 0.1) is 5.92 Å². The molecule has 2 atom stereocenters. The van der Waals surface area contributed by atoms with Crippen LogP contribution >= 0.6 is 0 Å². The smallest absolute Gasteiger partial charge is 0.0582 e. The van der Waals surface area contributed by atoms with Gasteiger partial charge >= 0.3 is 0 Å². The van der Waals surface area contributed by atoms with E-state index in [1.807, 2.05) is 0 Å². The van der Waals surface area contributed by atoms with E-state index in [0.717, 1.165) is 18.5 Å². The van der Waals surface area contributed by atoms with E-state index in [2.05, 4.69) is 205 Å². The number of allylic oxidation sites excluding steroid dienone is 6. The summed E-state index contributed by atoms with van der Waals surface area (Å²) in [6.07, 6.45) is 16.1. The van der Waals surface area contributed by atoms with Crippen molar-refractivity contribution in [1.82, 2.24) is 4.57 Å². The molecule has 6 aromatic carbocycles. The monoisotopic (exact) mass is 656 g/mol. The third-order valence-corrected chi connectivity index (χ3v) is 10.5. The fourth-order valence-corrected chi connectivity index (χ4v) is 7.95. The molecule has 0 N–H and O–H groups in total. The van der Waals surface area contributed by atoms with Crippen molar-refractivity contribution in [1.29, 1.82) is 0 Å². The Morgan fingerprint density at radius 1 is 0.588 bits per heavy atom. The van der Waals surface area contributed by atoms with Gasteiger partial charge in [0.05, 0.1) is 17.1 Å². The van der Waals surface area contributed by atoms with Crippen LogP contribution in [0.1, 0.15) is 25.3 Å². The third-order valence-electron chi connectivity index (χ3n) is 10.5. The number of hydrogen-bond acceptors (Lipinski definition) is 1. The lowest BCUT2D eigenvalue weighted by Gasteiger charge is -2.39. The van der Waals surface area contributed by atoms with Crippen molar-refractivity contribution in [3.05, 3.63) is 199 Å². The Kier molecular flexibility index (Phi) is 8.06. The third kappa shape index (κ3) is 5.83. The molecule has 0 amide bonds. The second-order valence-electron chi connectivity index (χ2n) is 13.7. The molecule has 1 aromatic heterocycles. The van der Waals surface area contributed by atoms with E-state index < -0.39 is 0 Å². The van der Waals surface area contributed by atoms with E-state index in [4.69, 9.17) is 0 Å². The van der Waals surface area contributed by atoms with Gasteiger partial charge in [-0.05, 0) is 88.6 Å². The van der Waals surface area contributed by atoms with Crippen molar-refractivity contribution in [3.63, 3.8) is 0 Å². The van der Waals surface area contributed by atoms with Gasteiger partial charge in [0.25, 0.3) is 0 Å². The largest absolute Gasteiger partial charge is 0.338 e. The lowest BCUT2D eigenvalue weighted by atomic mass is 9.88. The molecule has 0 aliphatic heterocycles. The van der Waals surface area contributed by atoms with Gasteiger partial charge in [0.1, 0.15) is 0 Å². The highest BCUT2D eigenvalue weighted by molar-refractivity contribution is 6.10. The van der Waals surface area contributed by atoms with Crippen LogP contribution in [-0.4, -0.2) is 10.6 Å². The number of hydrogen-bond donors (Lipinski definition) is 0. The number of nitrogens with zero attached hydrogens (tertiary/aromatic N) is 2. The minimum atomic E-state index is 0.207. The first-order valence-electron chi connectivity index (χ1n) is 18.1. The first-order valence-corrected chi connectivity index (χ1v) is 18.1. The minimum Gasteiger partial charge on any atom is -0.338 e. The molecular formula is C49H40N2. The predicted octanol–water partition coefficient (Wildman–Crippen LogP) is 12.8. The van der Waals surface area contributed by atoms with Gasteiger partial charge in [0, 0.05) is 27.8 Å². The summed E-state index contributed by atoms with van der Waals surface area (Å²) in [5.41, 5.74) is 13.7. The van der Waals surface area contributed by atoms with Crippen molar-refractivity contribution in [2.24, 2.45) is 5.92 Å². The van der Waals surface area contributed by atoms with Crippen LogP contribution in [0.2, 0.25) is 0 Å². The molecule has 1 heterocycles. The molecule has 51 heavy (non-hydrogen) atoms. The van der Waals surface area contributed by atoms with Gasteiger partial charge in [-0.25, -0.2) is 0 Å². The zero-order valence-corrected chi connectivity index (χ0v) is 28.9. The van der Waals surface area contributed by atoms with Crippen LogP contribution in [0.3, 0.4) is 0 Å². The van der Waals surface area contributed by atoms with E-state index >= 15 is 0 Å². The first-order chi connectivity index (χ1) is 25.2. The standard InChI is InChI=1S/C49H40N2/c1-35-33-41(37-15-7-3-8-16-37)27-32-47(35)50(42-17-9-4-10-18-42)44-30-31-46-45-19-11-12-20-48(45)51(49(46)34-44)43-28-25-40(26-29-43)39-23-21-38(22-24-39)36-13-5-2-6-14-36/h2-9,11-17,19-35,47H,10,18H2,1H3. The van der Waals surface area contributed by atoms with Crippen molar-refractivity contribution in [2.75, 3.05) is 4.90 Å². The zero-order chi connectivity index (χ0) is 34.1. The van der Waals surface area contributed by atoms with Crippen LogP contribution in [-0.2, 0) is 0 Å². The lowest BCUT2D eigenvalue weighted by Crippen LogP contribution is -2.38. The average molecular weight is 657 g/mol. The Bertz CT molecular complexity index is 2460. The number of aromatic nitrogens is 1. The highest BCUT2D eigenvalue weighted by atomic mass is 15.2. The number of anilines is 1. The molecule has 0 radical (unpaired) electrons. The molecule has 0 bridgehead atoms. The number of benzene rings is 6. The Labute approximate surface area is 300 Å². The summed E-state index contributed by atoms with van der Waals surface area (Å²) in [5.74, 6) is 0.327. The minimum absolute atomic E-state index is 0.207. The summed E-state index contributed by atoms with van der Waals surface area (Å²) in [4.78, 5) is 2.59. The molecule has 7 aromatic rings. The quantitative estimate of drug-likeness (QED) is 0.166. The van der Waals surface area contributed by atoms with E-state index in [9.17, 15) is 0 Å². The molecule has 2 nitrogen and oxygen atoms in total. The summed E-state index contributed by atoms with van der Waals surface area (Å²) >= 11 is 0. The summed E-state index contributed by atoms with van der Waals surface area (Å²) in [5, 5.41) is 2.54. The normalized spacial score (nSPS) is 17.0. The molecule has 0 fully saturated rings. The summed E-state index contributed by atoms with van der Waals surface area (Å²) in [6.45, 7) is 2.36. The lowest BCUT2D eigenvalue weighted by molar-refractivity contribution is 0.586. The Morgan fingerprint density at radius 2 is 1.20 bits per heavy atom. The van der Waals surface area contributed by atoms with Gasteiger partial charge in [0.15, 0.2) is 0 Å². The second kappa shape index (κ2) is 13.3. The van der Waals surface area contributed by atoms with Gasteiger partial charge in [-0.3, -0.25) is 0 Å². The van der Waals surface area contributed by atoms with E-state index in [1.54, 1.807) is 0 Å². The van der Waals surface area contributed by atoms with Crippen LogP contribution in [0.25, 0.3) is 55.3 Å². The second-order valence-corrected chi connectivity index (χ2v) is 13.7. The Morgan fingerprint density at radius 3 is 1.86 bits per heavy atom. The topological polar surface area (TPSA) is 8.17 Å². The van der Waals surface area contributed by atoms with Crippen LogP contribution < -0.4 is 4.90 Å².